The monoisotopic (exact) mass is 822 g/mol. The van der Waals surface area contributed by atoms with Crippen LogP contribution in [0, 0.1) is 0 Å². The molecular weight excluding hydrogens is 781 g/mol. The summed E-state index contributed by atoms with van der Waals surface area (Å²) in [6, 6.07) is 81.3. The normalized spacial score (nSPS) is 14.9. The zero-order chi connectivity index (χ0) is 43.2. The SMILES string of the molecule is C=CC1=C(C=C)C2(c3ccccc31)c1ccccc1-c1cc3c(-c4ccc(-c5ccc6ccccc6c5)cc4)c4ccccc4c(-c4ccc(-c5ccc6ccccc6c5)cc4)c3cc12. The molecular formula is C65H42. The number of allylic oxidation sites excluding steroid dienone is 4. The summed E-state index contributed by atoms with van der Waals surface area (Å²) in [5.74, 6) is 0. The highest BCUT2D eigenvalue weighted by Gasteiger charge is 2.52. The molecule has 0 amide bonds. The summed E-state index contributed by atoms with van der Waals surface area (Å²) in [6.07, 6.45) is 4.12. The maximum atomic E-state index is 4.50. The molecule has 302 valence electrons. The van der Waals surface area contributed by atoms with Crippen LogP contribution in [0.2, 0.25) is 0 Å². The fraction of sp³-hybridized carbons (Fsp3) is 0.0154. The Hall–Kier alpha value is -8.32. The molecule has 0 heterocycles. The number of benzene rings is 11. The van der Waals surface area contributed by atoms with Crippen molar-refractivity contribution in [3.05, 3.63) is 272 Å². The van der Waals surface area contributed by atoms with Crippen molar-refractivity contribution in [2.45, 2.75) is 5.41 Å². The highest BCUT2D eigenvalue weighted by molar-refractivity contribution is 6.23. The van der Waals surface area contributed by atoms with Crippen molar-refractivity contribution < 1.29 is 0 Å². The molecule has 0 N–H and O–H groups in total. The zero-order valence-corrected chi connectivity index (χ0v) is 35.9. The van der Waals surface area contributed by atoms with Gasteiger partial charge in [0.05, 0.1) is 5.41 Å². The van der Waals surface area contributed by atoms with Gasteiger partial charge >= 0.3 is 0 Å². The van der Waals surface area contributed by atoms with Crippen LogP contribution in [-0.4, -0.2) is 0 Å². The lowest BCUT2D eigenvalue weighted by Gasteiger charge is -2.32. The average molecular weight is 823 g/mol. The third-order valence-electron chi connectivity index (χ3n) is 14.4. The van der Waals surface area contributed by atoms with Gasteiger partial charge in [-0.15, -0.1) is 0 Å². The van der Waals surface area contributed by atoms with Gasteiger partial charge < -0.3 is 0 Å². The lowest BCUT2D eigenvalue weighted by Crippen LogP contribution is -2.26. The molecule has 0 aliphatic heterocycles. The predicted molar refractivity (Wildman–Crippen MR) is 277 cm³/mol. The lowest BCUT2D eigenvalue weighted by atomic mass is 9.69. The van der Waals surface area contributed by atoms with E-state index in [0.717, 1.165) is 5.57 Å². The third-order valence-corrected chi connectivity index (χ3v) is 14.4. The highest BCUT2D eigenvalue weighted by Crippen LogP contribution is 2.63. The van der Waals surface area contributed by atoms with Crippen LogP contribution < -0.4 is 0 Å². The maximum Gasteiger partial charge on any atom is 0.0725 e. The molecule has 2 aliphatic rings. The number of rotatable bonds is 6. The Morgan fingerprint density at radius 2 is 0.723 bits per heavy atom. The maximum absolute atomic E-state index is 4.50. The van der Waals surface area contributed by atoms with Crippen molar-refractivity contribution in [2.24, 2.45) is 0 Å². The second-order valence-electron chi connectivity index (χ2n) is 17.6. The van der Waals surface area contributed by atoms with Crippen molar-refractivity contribution in [3.8, 4) is 55.6 Å². The summed E-state index contributed by atoms with van der Waals surface area (Å²) >= 11 is 0. The van der Waals surface area contributed by atoms with Crippen LogP contribution in [0.5, 0.6) is 0 Å². The molecule has 11 aromatic carbocycles. The zero-order valence-electron chi connectivity index (χ0n) is 35.9. The van der Waals surface area contributed by atoms with Crippen molar-refractivity contribution in [3.63, 3.8) is 0 Å². The standard InChI is InChI=1S/C65H42/c1-3-51-52-19-11-13-23-60(52)65(59(51)4-2)61-24-14-12-20-53(61)56-39-57-58(40-62(56)65)64(46-33-27-44(28-34-46)50-36-30-42-16-6-8-18-48(42)38-50)55-22-10-9-21-54(55)63(57)45-31-25-43(26-32-45)49-35-29-41-15-5-7-17-47(41)37-49/h3-40H,1-2H2. The van der Waals surface area contributed by atoms with Crippen LogP contribution in [0.4, 0.5) is 0 Å². The first-order valence-electron chi connectivity index (χ1n) is 22.6. The molecule has 0 heteroatoms. The first-order valence-corrected chi connectivity index (χ1v) is 22.6. The van der Waals surface area contributed by atoms with Gasteiger partial charge in [-0.3, -0.25) is 0 Å². The Balaban J connectivity index is 1.09. The van der Waals surface area contributed by atoms with E-state index in [9.17, 15) is 0 Å². The predicted octanol–water partition coefficient (Wildman–Crippen LogP) is 17.4. The Labute approximate surface area is 379 Å². The molecule has 0 saturated carbocycles. The molecule has 1 atom stereocenters. The van der Waals surface area contributed by atoms with E-state index >= 15 is 0 Å². The molecule has 2 aliphatic carbocycles. The van der Waals surface area contributed by atoms with Crippen molar-refractivity contribution in [1.82, 2.24) is 0 Å². The first kappa shape index (κ1) is 37.3. The van der Waals surface area contributed by atoms with E-state index in [-0.39, 0.29) is 0 Å². The van der Waals surface area contributed by atoms with E-state index in [2.05, 4.69) is 238 Å². The van der Waals surface area contributed by atoms with Gasteiger partial charge in [-0.25, -0.2) is 0 Å². The second kappa shape index (κ2) is 14.4. The number of fused-ring (bicyclic) bond motifs is 11. The average Bonchev–Trinajstić information content (AvgIpc) is 3.83. The van der Waals surface area contributed by atoms with E-state index in [1.165, 1.54) is 127 Å². The molecule has 1 unspecified atom stereocenters. The molecule has 0 nitrogen and oxygen atoms in total. The van der Waals surface area contributed by atoms with Gasteiger partial charge in [0, 0.05) is 0 Å². The van der Waals surface area contributed by atoms with Crippen molar-refractivity contribution >= 4 is 48.7 Å². The second-order valence-corrected chi connectivity index (χ2v) is 17.6. The minimum absolute atomic E-state index is 0.549. The lowest BCUT2D eigenvalue weighted by molar-refractivity contribution is 0.788. The first-order chi connectivity index (χ1) is 32.1. The van der Waals surface area contributed by atoms with Crippen molar-refractivity contribution in [1.29, 1.82) is 0 Å². The largest absolute Gasteiger partial charge is 0.0987 e. The summed E-state index contributed by atoms with van der Waals surface area (Å²) in [5, 5.41) is 9.93. The third kappa shape index (κ3) is 5.38. The summed E-state index contributed by atoms with van der Waals surface area (Å²) in [7, 11) is 0. The van der Waals surface area contributed by atoms with Crippen LogP contribution in [0.3, 0.4) is 0 Å². The molecule has 0 bridgehead atoms. The minimum atomic E-state index is -0.549. The molecule has 11 aromatic rings. The minimum Gasteiger partial charge on any atom is -0.0987 e. The quantitative estimate of drug-likeness (QED) is 0.147. The van der Waals surface area contributed by atoms with Crippen LogP contribution in [0.15, 0.2) is 249 Å². The van der Waals surface area contributed by atoms with Crippen LogP contribution >= 0.6 is 0 Å². The molecule has 0 aromatic heterocycles. The number of hydrogen-bond acceptors (Lipinski definition) is 0. The van der Waals surface area contributed by atoms with Crippen LogP contribution in [-0.2, 0) is 5.41 Å². The van der Waals surface area contributed by atoms with E-state index in [0.29, 0.717) is 0 Å². The molecule has 13 rings (SSSR count). The summed E-state index contributed by atoms with van der Waals surface area (Å²) in [6.45, 7) is 8.87. The van der Waals surface area contributed by atoms with Crippen LogP contribution in [0.1, 0.15) is 22.3 Å². The summed E-state index contributed by atoms with van der Waals surface area (Å²) in [5.41, 5.74) is 19.1. The fourth-order valence-corrected chi connectivity index (χ4v) is 11.6. The number of hydrogen-bond donors (Lipinski definition) is 0. The topological polar surface area (TPSA) is 0 Å². The van der Waals surface area contributed by atoms with E-state index in [1.54, 1.807) is 0 Å². The van der Waals surface area contributed by atoms with Gasteiger partial charge in [0.25, 0.3) is 0 Å². The van der Waals surface area contributed by atoms with E-state index in [4.69, 9.17) is 0 Å². The van der Waals surface area contributed by atoms with Gasteiger partial charge in [-0.05, 0) is 156 Å². The van der Waals surface area contributed by atoms with E-state index in [1.807, 2.05) is 6.08 Å². The molecule has 0 radical (unpaired) electrons. The van der Waals surface area contributed by atoms with E-state index < -0.39 is 5.41 Å². The molecule has 0 saturated heterocycles. The smallest absolute Gasteiger partial charge is 0.0725 e. The Morgan fingerprint density at radius 3 is 1.26 bits per heavy atom. The summed E-state index contributed by atoms with van der Waals surface area (Å²) < 4.78 is 0. The highest BCUT2D eigenvalue weighted by atomic mass is 14.5. The molecule has 0 fully saturated rings. The van der Waals surface area contributed by atoms with Gasteiger partial charge in [0.15, 0.2) is 0 Å². The Morgan fingerprint density at radius 1 is 0.292 bits per heavy atom. The Kier molecular flexibility index (Phi) is 8.23. The fourth-order valence-electron chi connectivity index (χ4n) is 11.6. The van der Waals surface area contributed by atoms with Gasteiger partial charge in [0.1, 0.15) is 0 Å². The van der Waals surface area contributed by atoms with Gasteiger partial charge in [-0.1, -0.05) is 219 Å². The van der Waals surface area contributed by atoms with Gasteiger partial charge in [-0.2, -0.15) is 0 Å². The Bertz CT molecular complexity index is 3840. The van der Waals surface area contributed by atoms with Crippen molar-refractivity contribution in [2.75, 3.05) is 0 Å². The van der Waals surface area contributed by atoms with Gasteiger partial charge in [0.2, 0.25) is 0 Å². The molecule has 1 spiro atoms. The van der Waals surface area contributed by atoms with Crippen LogP contribution in [0.25, 0.3) is 104 Å². The summed E-state index contributed by atoms with van der Waals surface area (Å²) in [4.78, 5) is 0. The molecule has 65 heavy (non-hydrogen) atoms.